The maximum Gasteiger partial charge on any atom is 0.287 e. The first kappa shape index (κ1) is 23.6. The number of furan rings is 1. The van der Waals surface area contributed by atoms with Crippen LogP contribution in [0.25, 0.3) is 0 Å². The van der Waals surface area contributed by atoms with Crippen molar-refractivity contribution in [3.8, 4) is 0 Å². The molecule has 31 heavy (non-hydrogen) atoms. The zero-order chi connectivity index (χ0) is 21.9. The van der Waals surface area contributed by atoms with Crippen LogP contribution in [0.2, 0.25) is 0 Å². The molecule has 3 heterocycles. The average molecular weight is 435 g/mol. The summed E-state index contributed by atoms with van der Waals surface area (Å²) in [5.41, 5.74) is 0.851. The quantitative estimate of drug-likeness (QED) is 0.353. The molecule has 3 rings (SSSR count). The lowest BCUT2D eigenvalue weighted by Gasteiger charge is -2.35. The number of piperidine rings is 1. The van der Waals surface area contributed by atoms with Crippen molar-refractivity contribution in [1.82, 2.24) is 15.5 Å². The number of hydrogen-bond donors (Lipinski definition) is 2. The third kappa shape index (κ3) is 7.54. The van der Waals surface area contributed by atoms with Crippen molar-refractivity contribution < 1.29 is 18.7 Å². The first-order chi connectivity index (χ1) is 15.2. The second-order valence-corrected chi connectivity index (χ2v) is 8.29. The molecule has 1 aromatic heterocycles. The topological polar surface area (TPSA) is 88.3 Å². The number of nitrogens with zero attached hydrogens (tertiary/aromatic N) is 2. The Kier molecular flexibility index (Phi) is 9.68. The van der Waals surface area contributed by atoms with Crippen molar-refractivity contribution >= 4 is 11.9 Å². The van der Waals surface area contributed by atoms with E-state index in [2.05, 4.69) is 22.5 Å². The minimum Gasteiger partial charge on any atom is -0.459 e. The zero-order valence-corrected chi connectivity index (χ0v) is 19.0. The number of carbonyl (C=O) groups excluding carboxylic acids is 1. The van der Waals surface area contributed by atoms with E-state index in [-0.39, 0.29) is 12.0 Å². The Balaban J connectivity index is 1.35. The molecule has 1 amide bonds. The molecular formula is C23H38N4O4. The smallest absolute Gasteiger partial charge is 0.287 e. The third-order valence-electron chi connectivity index (χ3n) is 5.82. The fraction of sp³-hybridized carbons (Fsp3) is 0.739. The van der Waals surface area contributed by atoms with Gasteiger partial charge in [0.05, 0.1) is 25.1 Å². The fourth-order valence-corrected chi connectivity index (χ4v) is 3.99. The van der Waals surface area contributed by atoms with Gasteiger partial charge in [0.1, 0.15) is 0 Å². The molecule has 0 aliphatic carbocycles. The summed E-state index contributed by atoms with van der Waals surface area (Å²) >= 11 is 0. The van der Waals surface area contributed by atoms with Gasteiger partial charge in [-0.05, 0) is 58.4 Å². The second kappa shape index (κ2) is 12.7. The molecule has 8 heteroatoms. The number of nitrogens with one attached hydrogen (secondary N) is 2. The maximum absolute atomic E-state index is 12.1. The highest BCUT2D eigenvalue weighted by Gasteiger charge is 2.23. The fourth-order valence-electron chi connectivity index (χ4n) is 3.99. The Morgan fingerprint density at radius 2 is 2.10 bits per heavy atom. The molecule has 1 aromatic rings. The molecule has 2 aliphatic rings. The lowest BCUT2D eigenvalue weighted by molar-refractivity contribution is -0.0721. The standard InChI is InChI=1S/C23H38N4O4/c1-3-24-23(26-12-6-11-25-22(28)21-18(2)10-16-30-21)27-13-8-19(9-14-27)31-17-20-7-4-5-15-29-20/h10,16,19-20H,3-9,11-15,17H2,1-2H3,(H,24,26)(H,25,28). The summed E-state index contributed by atoms with van der Waals surface area (Å²) < 4.78 is 17.1. The Morgan fingerprint density at radius 3 is 2.77 bits per heavy atom. The molecule has 2 N–H and O–H groups in total. The van der Waals surface area contributed by atoms with Gasteiger partial charge in [0, 0.05) is 44.9 Å². The van der Waals surface area contributed by atoms with Crippen LogP contribution in [0.3, 0.4) is 0 Å². The predicted octanol–water partition coefficient (Wildman–Crippen LogP) is 2.72. The molecule has 0 radical (unpaired) electrons. The summed E-state index contributed by atoms with van der Waals surface area (Å²) in [4.78, 5) is 19.1. The average Bonchev–Trinajstić information content (AvgIpc) is 3.23. The number of hydrogen-bond acceptors (Lipinski definition) is 5. The predicted molar refractivity (Wildman–Crippen MR) is 121 cm³/mol. The number of guanidine groups is 1. The third-order valence-corrected chi connectivity index (χ3v) is 5.82. The van der Waals surface area contributed by atoms with Gasteiger partial charge in [0.25, 0.3) is 5.91 Å². The van der Waals surface area contributed by atoms with Crippen molar-refractivity contribution in [3.63, 3.8) is 0 Å². The number of aryl methyl sites for hydroxylation is 1. The Hall–Kier alpha value is -2.06. The highest BCUT2D eigenvalue weighted by atomic mass is 16.5. The van der Waals surface area contributed by atoms with Gasteiger partial charge in [-0.15, -0.1) is 0 Å². The van der Waals surface area contributed by atoms with Crippen molar-refractivity contribution in [2.24, 2.45) is 4.99 Å². The molecule has 0 bridgehead atoms. The van der Waals surface area contributed by atoms with Crippen LogP contribution in [-0.4, -0.2) is 74.9 Å². The summed E-state index contributed by atoms with van der Waals surface area (Å²) in [7, 11) is 0. The van der Waals surface area contributed by atoms with E-state index in [4.69, 9.17) is 18.9 Å². The van der Waals surface area contributed by atoms with Crippen LogP contribution in [0.4, 0.5) is 0 Å². The summed E-state index contributed by atoms with van der Waals surface area (Å²) in [5.74, 6) is 1.17. The lowest BCUT2D eigenvalue weighted by Crippen LogP contribution is -2.47. The van der Waals surface area contributed by atoms with Crippen LogP contribution < -0.4 is 10.6 Å². The van der Waals surface area contributed by atoms with Crippen LogP contribution in [0, 0.1) is 6.92 Å². The van der Waals surface area contributed by atoms with E-state index >= 15 is 0 Å². The van der Waals surface area contributed by atoms with E-state index in [0.29, 0.717) is 25.0 Å². The van der Waals surface area contributed by atoms with Gasteiger partial charge in [-0.2, -0.15) is 0 Å². The molecule has 1 atom stereocenters. The summed E-state index contributed by atoms with van der Waals surface area (Å²) in [5, 5.41) is 6.29. The molecule has 0 spiro atoms. The minimum absolute atomic E-state index is 0.168. The van der Waals surface area contributed by atoms with E-state index in [0.717, 1.165) is 70.1 Å². The van der Waals surface area contributed by atoms with Crippen LogP contribution in [0.1, 0.15) is 61.6 Å². The summed E-state index contributed by atoms with van der Waals surface area (Å²) in [6.07, 6.45) is 8.48. The van der Waals surface area contributed by atoms with Crippen molar-refractivity contribution in [2.45, 2.75) is 64.6 Å². The van der Waals surface area contributed by atoms with Gasteiger partial charge in [-0.25, -0.2) is 0 Å². The van der Waals surface area contributed by atoms with E-state index < -0.39 is 0 Å². The number of carbonyl (C=O) groups is 1. The Labute approximate surface area is 185 Å². The highest BCUT2D eigenvalue weighted by Crippen LogP contribution is 2.18. The van der Waals surface area contributed by atoms with Crippen LogP contribution in [-0.2, 0) is 9.47 Å². The minimum atomic E-state index is -0.168. The van der Waals surface area contributed by atoms with E-state index in [1.165, 1.54) is 19.1 Å². The lowest BCUT2D eigenvalue weighted by atomic mass is 10.1. The van der Waals surface area contributed by atoms with Crippen LogP contribution >= 0.6 is 0 Å². The monoisotopic (exact) mass is 434 g/mol. The number of amides is 1. The summed E-state index contributed by atoms with van der Waals surface area (Å²) in [6.45, 7) is 9.50. The normalized spacial score (nSPS) is 20.6. The molecule has 2 aliphatic heterocycles. The van der Waals surface area contributed by atoms with Crippen molar-refractivity contribution in [1.29, 1.82) is 0 Å². The van der Waals surface area contributed by atoms with Gasteiger partial charge >= 0.3 is 0 Å². The van der Waals surface area contributed by atoms with Crippen LogP contribution in [0.5, 0.6) is 0 Å². The first-order valence-electron chi connectivity index (χ1n) is 11.8. The molecular weight excluding hydrogens is 396 g/mol. The molecule has 2 fully saturated rings. The molecule has 174 valence electrons. The largest absolute Gasteiger partial charge is 0.459 e. The second-order valence-electron chi connectivity index (χ2n) is 8.29. The molecule has 0 aromatic carbocycles. The van der Waals surface area contributed by atoms with Gasteiger partial charge in [-0.3, -0.25) is 9.79 Å². The molecule has 0 saturated carbocycles. The Bertz CT molecular complexity index is 692. The van der Waals surface area contributed by atoms with Gasteiger partial charge in [-0.1, -0.05) is 0 Å². The molecule has 8 nitrogen and oxygen atoms in total. The van der Waals surface area contributed by atoms with E-state index in [1.807, 2.05) is 6.92 Å². The SMILES string of the molecule is CCNC(=NCCCNC(=O)c1occc1C)N1CCC(OCC2CCCCO2)CC1. The number of ether oxygens (including phenoxy) is 2. The number of likely N-dealkylation sites (tertiary alicyclic amines) is 1. The van der Waals surface area contributed by atoms with Crippen molar-refractivity contribution in [2.75, 3.05) is 45.9 Å². The van der Waals surface area contributed by atoms with Gasteiger partial charge in [0.15, 0.2) is 11.7 Å². The molecule has 1 unspecified atom stereocenters. The highest BCUT2D eigenvalue weighted by molar-refractivity contribution is 5.92. The summed E-state index contributed by atoms with van der Waals surface area (Å²) in [6, 6.07) is 1.79. The maximum atomic E-state index is 12.1. The van der Waals surface area contributed by atoms with Gasteiger partial charge in [0.2, 0.25) is 0 Å². The van der Waals surface area contributed by atoms with Crippen molar-refractivity contribution in [3.05, 3.63) is 23.7 Å². The Morgan fingerprint density at radius 1 is 1.26 bits per heavy atom. The van der Waals surface area contributed by atoms with E-state index in [9.17, 15) is 4.79 Å². The van der Waals surface area contributed by atoms with Gasteiger partial charge < -0.3 is 29.4 Å². The number of aliphatic imine (C=N–C) groups is 1. The number of rotatable bonds is 9. The van der Waals surface area contributed by atoms with E-state index in [1.54, 1.807) is 6.07 Å². The first-order valence-corrected chi connectivity index (χ1v) is 11.8. The zero-order valence-electron chi connectivity index (χ0n) is 19.0. The van der Waals surface area contributed by atoms with Crippen LogP contribution in [0.15, 0.2) is 21.7 Å². The molecule has 2 saturated heterocycles.